The minimum atomic E-state index is 0.503. The molecule has 0 aliphatic rings. The maximum Gasteiger partial charge on any atom is 0.0263 e. The van der Waals surface area contributed by atoms with E-state index in [0.29, 0.717) is 17.7 Å². The molecule has 2 heteroatoms. The Morgan fingerprint density at radius 1 is 1.18 bits per heavy atom. The van der Waals surface area contributed by atoms with Gasteiger partial charge in [0.1, 0.15) is 0 Å². The molecule has 0 radical (unpaired) electrons. The molecule has 0 N–H and O–H groups in total. The zero-order valence-electron chi connectivity index (χ0n) is 6.86. The zero-order valence-corrected chi connectivity index (χ0v) is 8.37. The second-order valence-corrected chi connectivity index (χ2v) is 3.36. The van der Waals surface area contributed by atoms with Gasteiger partial charge in [-0.3, -0.25) is 0 Å². The molecule has 0 nitrogen and oxygen atoms in total. The van der Waals surface area contributed by atoms with Crippen molar-refractivity contribution < 1.29 is 0 Å². The first kappa shape index (κ1) is 11.3. The molecule has 0 unspecified atom stereocenters. The number of alkyl halides is 2. The van der Waals surface area contributed by atoms with E-state index in [0.717, 1.165) is 12.8 Å². The molecule has 0 aromatic heterocycles. The molecule has 66 valence electrons. The number of hydrogen-bond acceptors (Lipinski definition) is 0. The Balaban J connectivity index is 3.13. The van der Waals surface area contributed by atoms with Crippen LogP contribution in [0.2, 0.25) is 0 Å². The minimum absolute atomic E-state index is 0.503. The van der Waals surface area contributed by atoms with Crippen molar-refractivity contribution in [3.63, 3.8) is 0 Å². The molecule has 0 saturated heterocycles. The molecule has 0 saturated carbocycles. The Kier molecular flexibility index (Phi) is 8.66. The van der Waals surface area contributed by atoms with Crippen molar-refractivity contribution in [2.24, 2.45) is 5.92 Å². The van der Waals surface area contributed by atoms with Crippen LogP contribution >= 0.6 is 23.2 Å². The van der Waals surface area contributed by atoms with Crippen molar-refractivity contribution in [1.82, 2.24) is 0 Å². The SMILES string of the molecule is C=CCCCCC(CCl)CCl. The zero-order chi connectivity index (χ0) is 8.53. The van der Waals surface area contributed by atoms with E-state index in [9.17, 15) is 0 Å². The fraction of sp³-hybridized carbons (Fsp3) is 0.778. The van der Waals surface area contributed by atoms with Gasteiger partial charge in [-0.05, 0) is 25.2 Å². The Morgan fingerprint density at radius 3 is 2.27 bits per heavy atom. The normalized spacial score (nSPS) is 10.5. The highest BCUT2D eigenvalue weighted by Crippen LogP contribution is 2.13. The molecule has 0 fully saturated rings. The minimum Gasteiger partial charge on any atom is -0.126 e. The van der Waals surface area contributed by atoms with Crippen LogP contribution in [-0.2, 0) is 0 Å². The van der Waals surface area contributed by atoms with E-state index in [4.69, 9.17) is 23.2 Å². The second-order valence-electron chi connectivity index (χ2n) is 2.75. The molecule has 0 aromatic rings. The van der Waals surface area contributed by atoms with Crippen LogP contribution in [0, 0.1) is 5.92 Å². The van der Waals surface area contributed by atoms with E-state index < -0.39 is 0 Å². The van der Waals surface area contributed by atoms with Crippen molar-refractivity contribution in [3.05, 3.63) is 12.7 Å². The van der Waals surface area contributed by atoms with Gasteiger partial charge in [0, 0.05) is 11.8 Å². The first-order valence-electron chi connectivity index (χ1n) is 4.08. The molecular weight excluding hydrogens is 179 g/mol. The molecule has 0 atom stereocenters. The summed E-state index contributed by atoms with van der Waals surface area (Å²) in [6.07, 6.45) is 6.65. The summed E-state index contributed by atoms with van der Waals surface area (Å²) in [6.45, 7) is 3.67. The topological polar surface area (TPSA) is 0 Å². The van der Waals surface area contributed by atoms with Crippen LogP contribution in [0.3, 0.4) is 0 Å². The van der Waals surface area contributed by atoms with Crippen LogP contribution in [0.5, 0.6) is 0 Å². The van der Waals surface area contributed by atoms with Gasteiger partial charge >= 0.3 is 0 Å². The molecule has 0 aromatic carbocycles. The van der Waals surface area contributed by atoms with Crippen molar-refractivity contribution in [2.75, 3.05) is 11.8 Å². The fourth-order valence-electron chi connectivity index (χ4n) is 0.917. The second kappa shape index (κ2) is 8.42. The third-order valence-electron chi connectivity index (χ3n) is 1.71. The predicted octanol–water partition coefficient (Wildman–Crippen LogP) is 3.83. The number of halogens is 2. The van der Waals surface area contributed by atoms with Crippen LogP contribution in [0.4, 0.5) is 0 Å². The van der Waals surface area contributed by atoms with Crippen LogP contribution in [0.1, 0.15) is 25.7 Å². The lowest BCUT2D eigenvalue weighted by atomic mass is 10.1. The lowest BCUT2D eigenvalue weighted by Crippen LogP contribution is -2.03. The maximum absolute atomic E-state index is 5.68. The van der Waals surface area contributed by atoms with Gasteiger partial charge in [-0.2, -0.15) is 0 Å². The molecule has 0 aliphatic carbocycles. The average Bonchev–Trinajstić information content (AvgIpc) is 2.05. The van der Waals surface area contributed by atoms with Gasteiger partial charge in [0.15, 0.2) is 0 Å². The molecule has 0 aliphatic heterocycles. The predicted molar refractivity (Wildman–Crippen MR) is 53.6 cm³/mol. The van der Waals surface area contributed by atoms with E-state index in [1.54, 1.807) is 0 Å². The molecule has 0 spiro atoms. The summed E-state index contributed by atoms with van der Waals surface area (Å²) in [5.41, 5.74) is 0. The Labute approximate surface area is 79.6 Å². The van der Waals surface area contributed by atoms with Crippen LogP contribution in [0.25, 0.3) is 0 Å². The largest absolute Gasteiger partial charge is 0.126 e. The van der Waals surface area contributed by atoms with E-state index in [-0.39, 0.29) is 0 Å². The smallest absolute Gasteiger partial charge is 0.0263 e. The van der Waals surface area contributed by atoms with E-state index in [2.05, 4.69) is 6.58 Å². The third-order valence-corrected chi connectivity index (χ3v) is 2.58. The van der Waals surface area contributed by atoms with Crippen LogP contribution in [-0.4, -0.2) is 11.8 Å². The van der Waals surface area contributed by atoms with Crippen molar-refractivity contribution in [1.29, 1.82) is 0 Å². The summed E-state index contributed by atoms with van der Waals surface area (Å²) >= 11 is 11.4. The Morgan fingerprint density at radius 2 is 1.82 bits per heavy atom. The monoisotopic (exact) mass is 194 g/mol. The van der Waals surface area contributed by atoms with Gasteiger partial charge < -0.3 is 0 Å². The fourth-order valence-corrected chi connectivity index (χ4v) is 1.56. The van der Waals surface area contributed by atoms with Crippen LogP contribution < -0.4 is 0 Å². The third kappa shape index (κ3) is 6.71. The quantitative estimate of drug-likeness (QED) is 0.329. The standard InChI is InChI=1S/C9H16Cl2/c1-2-3-4-5-6-9(7-10)8-11/h2,9H,1,3-8H2. The lowest BCUT2D eigenvalue weighted by Gasteiger charge is -2.07. The average molecular weight is 195 g/mol. The summed E-state index contributed by atoms with van der Waals surface area (Å²) in [4.78, 5) is 0. The number of hydrogen-bond donors (Lipinski definition) is 0. The number of allylic oxidation sites excluding steroid dienone is 1. The molecule has 0 rings (SSSR count). The maximum atomic E-state index is 5.68. The van der Waals surface area contributed by atoms with Crippen LogP contribution in [0.15, 0.2) is 12.7 Å². The number of unbranched alkanes of at least 4 members (excludes halogenated alkanes) is 2. The number of rotatable bonds is 7. The summed E-state index contributed by atoms with van der Waals surface area (Å²) in [6, 6.07) is 0. The van der Waals surface area contributed by atoms with Gasteiger partial charge in [-0.15, -0.1) is 29.8 Å². The first-order chi connectivity index (χ1) is 5.35. The van der Waals surface area contributed by atoms with Crippen molar-refractivity contribution in [3.8, 4) is 0 Å². The van der Waals surface area contributed by atoms with Gasteiger partial charge in [-0.1, -0.05) is 12.5 Å². The van der Waals surface area contributed by atoms with Gasteiger partial charge in [-0.25, -0.2) is 0 Å². The molecule has 11 heavy (non-hydrogen) atoms. The molecular formula is C9H16Cl2. The summed E-state index contributed by atoms with van der Waals surface area (Å²) in [7, 11) is 0. The van der Waals surface area contributed by atoms with Crippen molar-refractivity contribution in [2.45, 2.75) is 25.7 Å². The van der Waals surface area contributed by atoms with Crippen molar-refractivity contribution >= 4 is 23.2 Å². The molecule has 0 amide bonds. The highest BCUT2D eigenvalue weighted by Gasteiger charge is 2.03. The highest BCUT2D eigenvalue weighted by molar-refractivity contribution is 6.20. The van der Waals surface area contributed by atoms with E-state index in [1.165, 1.54) is 12.8 Å². The van der Waals surface area contributed by atoms with Gasteiger partial charge in [0.2, 0.25) is 0 Å². The van der Waals surface area contributed by atoms with E-state index >= 15 is 0 Å². The first-order valence-corrected chi connectivity index (χ1v) is 5.14. The Bertz CT molecular complexity index is 87.6. The highest BCUT2D eigenvalue weighted by atomic mass is 35.5. The van der Waals surface area contributed by atoms with Gasteiger partial charge in [0.25, 0.3) is 0 Å². The lowest BCUT2D eigenvalue weighted by molar-refractivity contribution is 0.550. The summed E-state index contributed by atoms with van der Waals surface area (Å²) in [5.74, 6) is 1.89. The van der Waals surface area contributed by atoms with Gasteiger partial charge in [0.05, 0.1) is 0 Å². The molecule has 0 heterocycles. The summed E-state index contributed by atoms with van der Waals surface area (Å²) < 4.78 is 0. The van der Waals surface area contributed by atoms with E-state index in [1.807, 2.05) is 6.08 Å². The molecule has 0 bridgehead atoms. The summed E-state index contributed by atoms with van der Waals surface area (Å²) in [5, 5.41) is 0. The Hall–Kier alpha value is 0.320.